The zero-order valence-electron chi connectivity index (χ0n) is 15.3. The molecule has 2 heterocycles. The van der Waals surface area contributed by atoms with Gasteiger partial charge in [0.1, 0.15) is 22.7 Å². The molecule has 0 aliphatic heterocycles. The molecule has 0 aliphatic rings. The number of pyridine rings is 1. The summed E-state index contributed by atoms with van der Waals surface area (Å²) in [6.07, 6.45) is 1.81. The monoisotopic (exact) mass is 380 g/mol. The molecule has 0 aliphatic carbocycles. The SMILES string of the molecule is Oc1ccc(-n2cc(-c3ccc4cccc(Oc5ccccc5)c4n3)nn2)cc1. The summed E-state index contributed by atoms with van der Waals surface area (Å²) in [7, 11) is 0. The Morgan fingerprint density at radius 3 is 2.41 bits per heavy atom. The molecule has 0 amide bonds. The second-order valence-corrected chi connectivity index (χ2v) is 6.50. The number of nitrogens with zero attached hydrogens (tertiary/aromatic N) is 4. The van der Waals surface area contributed by atoms with Crippen molar-refractivity contribution >= 4 is 10.9 Å². The van der Waals surface area contributed by atoms with Crippen LogP contribution in [0.25, 0.3) is 28.0 Å². The van der Waals surface area contributed by atoms with Gasteiger partial charge < -0.3 is 9.84 Å². The lowest BCUT2D eigenvalue weighted by Crippen LogP contribution is -1.93. The van der Waals surface area contributed by atoms with Crippen molar-refractivity contribution in [1.82, 2.24) is 20.0 Å². The lowest BCUT2D eigenvalue weighted by molar-refractivity contribution is 0.475. The minimum Gasteiger partial charge on any atom is -0.508 e. The Morgan fingerprint density at radius 2 is 1.59 bits per heavy atom. The topological polar surface area (TPSA) is 73.1 Å². The highest BCUT2D eigenvalue weighted by molar-refractivity contribution is 5.86. The maximum Gasteiger partial charge on any atom is 0.153 e. The lowest BCUT2D eigenvalue weighted by atomic mass is 10.1. The van der Waals surface area contributed by atoms with Crippen LogP contribution in [0, 0.1) is 0 Å². The molecule has 1 N–H and O–H groups in total. The average molecular weight is 380 g/mol. The zero-order chi connectivity index (χ0) is 19.6. The molecule has 0 fully saturated rings. The van der Waals surface area contributed by atoms with Gasteiger partial charge >= 0.3 is 0 Å². The van der Waals surface area contributed by atoms with Gasteiger partial charge in [-0.15, -0.1) is 5.10 Å². The van der Waals surface area contributed by atoms with Gasteiger partial charge in [-0.1, -0.05) is 41.6 Å². The molecule has 0 radical (unpaired) electrons. The van der Waals surface area contributed by atoms with E-state index in [4.69, 9.17) is 9.72 Å². The van der Waals surface area contributed by atoms with Crippen molar-refractivity contribution in [2.24, 2.45) is 0 Å². The first-order valence-electron chi connectivity index (χ1n) is 9.11. The van der Waals surface area contributed by atoms with Gasteiger partial charge in [-0.25, -0.2) is 9.67 Å². The van der Waals surface area contributed by atoms with Gasteiger partial charge in [0.25, 0.3) is 0 Å². The molecule has 2 aromatic heterocycles. The summed E-state index contributed by atoms with van der Waals surface area (Å²) in [6, 6.07) is 26.1. The molecular formula is C23H16N4O2. The Labute approximate surface area is 166 Å². The van der Waals surface area contributed by atoms with Crippen LogP contribution in [0.4, 0.5) is 0 Å². The molecular weight excluding hydrogens is 364 g/mol. The number of rotatable bonds is 4. The van der Waals surface area contributed by atoms with Crippen LogP contribution in [0.1, 0.15) is 0 Å². The summed E-state index contributed by atoms with van der Waals surface area (Å²) in [5.74, 6) is 1.64. The van der Waals surface area contributed by atoms with E-state index < -0.39 is 0 Å². The van der Waals surface area contributed by atoms with Crippen LogP contribution in [0.5, 0.6) is 17.2 Å². The second-order valence-electron chi connectivity index (χ2n) is 6.50. The molecule has 0 spiro atoms. The van der Waals surface area contributed by atoms with E-state index in [-0.39, 0.29) is 5.75 Å². The largest absolute Gasteiger partial charge is 0.508 e. The molecule has 3 aromatic carbocycles. The van der Waals surface area contributed by atoms with Crippen molar-refractivity contribution in [3.05, 3.63) is 91.1 Å². The Hall–Kier alpha value is -4.19. The van der Waals surface area contributed by atoms with Crippen LogP contribution in [-0.2, 0) is 0 Å². The van der Waals surface area contributed by atoms with E-state index in [0.717, 1.165) is 22.3 Å². The van der Waals surface area contributed by atoms with E-state index in [1.54, 1.807) is 35.1 Å². The highest BCUT2D eigenvalue weighted by Crippen LogP contribution is 2.30. The Balaban J connectivity index is 1.53. The number of aromatic nitrogens is 4. The number of ether oxygens (including phenoxy) is 1. The number of benzene rings is 3. The van der Waals surface area contributed by atoms with Gasteiger partial charge in [-0.3, -0.25) is 0 Å². The van der Waals surface area contributed by atoms with E-state index in [2.05, 4.69) is 10.3 Å². The van der Waals surface area contributed by atoms with E-state index in [1.807, 2.05) is 60.7 Å². The Bertz CT molecular complexity index is 1280. The van der Waals surface area contributed by atoms with Crippen LogP contribution < -0.4 is 4.74 Å². The van der Waals surface area contributed by atoms with E-state index in [9.17, 15) is 5.11 Å². The van der Waals surface area contributed by atoms with Gasteiger partial charge in [-0.05, 0) is 48.5 Å². The highest BCUT2D eigenvalue weighted by atomic mass is 16.5. The number of hydrogen-bond acceptors (Lipinski definition) is 5. The maximum atomic E-state index is 9.45. The van der Waals surface area contributed by atoms with Crippen molar-refractivity contribution in [1.29, 1.82) is 0 Å². The molecule has 6 nitrogen and oxygen atoms in total. The summed E-state index contributed by atoms with van der Waals surface area (Å²) in [6.45, 7) is 0. The van der Waals surface area contributed by atoms with Crippen LogP contribution in [-0.4, -0.2) is 25.1 Å². The van der Waals surface area contributed by atoms with Gasteiger partial charge in [0.05, 0.1) is 17.6 Å². The predicted molar refractivity (Wildman–Crippen MR) is 110 cm³/mol. The van der Waals surface area contributed by atoms with Crippen molar-refractivity contribution in [2.45, 2.75) is 0 Å². The summed E-state index contributed by atoms with van der Waals surface area (Å²) < 4.78 is 7.69. The average Bonchev–Trinajstić information content (AvgIpc) is 3.25. The number of fused-ring (bicyclic) bond motifs is 1. The molecule has 29 heavy (non-hydrogen) atoms. The van der Waals surface area contributed by atoms with E-state index in [0.29, 0.717) is 17.1 Å². The summed E-state index contributed by atoms with van der Waals surface area (Å²) in [5.41, 5.74) is 2.91. The van der Waals surface area contributed by atoms with Crippen LogP contribution in [0.2, 0.25) is 0 Å². The van der Waals surface area contributed by atoms with Gasteiger partial charge in [-0.2, -0.15) is 0 Å². The first-order valence-corrected chi connectivity index (χ1v) is 9.11. The van der Waals surface area contributed by atoms with E-state index >= 15 is 0 Å². The number of para-hydroxylation sites is 2. The third kappa shape index (κ3) is 3.39. The third-order valence-electron chi connectivity index (χ3n) is 4.52. The fourth-order valence-electron chi connectivity index (χ4n) is 3.07. The van der Waals surface area contributed by atoms with Gasteiger partial charge in [0.15, 0.2) is 5.75 Å². The predicted octanol–water partition coefficient (Wildman–Crippen LogP) is 4.98. The number of phenolic OH excluding ortho intramolecular Hbond substituents is 1. The minimum atomic E-state index is 0.205. The zero-order valence-corrected chi connectivity index (χ0v) is 15.3. The highest BCUT2D eigenvalue weighted by Gasteiger charge is 2.11. The lowest BCUT2D eigenvalue weighted by Gasteiger charge is -2.09. The minimum absolute atomic E-state index is 0.205. The molecule has 0 atom stereocenters. The first-order chi connectivity index (χ1) is 14.3. The second kappa shape index (κ2) is 7.09. The summed E-state index contributed by atoms with van der Waals surface area (Å²) in [4.78, 5) is 4.78. The number of hydrogen-bond donors (Lipinski definition) is 1. The van der Waals surface area contributed by atoms with Crippen molar-refractivity contribution in [3.8, 4) is 34.3 Å². The molecule has 140 valence electrons. The standard InChI is InChI=1S/C23H16N4O2/c28-18-12-10-17(11-13-18)27-15-21(25-26-27)20-14-9-16-5-4-8-22(23(16)24-20)29-19-6-2-1-3-7-19/h1-15,28H. The summed E-state index contributed by atoms with van der Waals surface area (Å²) >= 11 is 0. The third-order valence-corrected chi connectivity index (χ3v) is 4.52. The van der Waals surface area contributed by atoms with Crippen LogP contribution in [0.15, 0.2) is 91.1 Å². The van der Waals surface area contributed by atoms with Crippen molar-refractivity contribution in [2.75, 3.05) is 0 Å². The molecule has 6 heteroatoms. The van der Waals surface area contributed by atoms with Crippen LogP contribution >= 0.6 is 0 Å². The quantitative estimate of drug-likeness (QED) is 0.476. The molecule has 0 saturated heterocycles. The molecule has 0 bridgehead atoms. The van der Waals surface area contributed by atoms with E-state index in [1.165, 1.54) is 0 Å². The van der Waals surface area contributed by atoms with Crippen LogP contribution in [0.3, 0.4) is 0 Å². The smallest absolute Gasteiger partial charge is 0.153 e. The Morgan fingerprint density at radius 1 is 0.759 bits per heavy atom. The fourth-order valence-corrected chi connectivity index (χ4v) is 3.07. The van der Waals surface area contributed by atoms with Gasteiger partial charge in [0, 0.05) is 5.39 Å². The maximum absolute atomic E-state index is 9.45. The Kier molecular flexibility index (Phi) is 4.14. The first kappa shape index (κ1) is 16.9. The molecule has 0 saturated carbocycles. The van der Waals surface area contributed by atoms with Crippen molar-refractivity contribution < 1.29 is 9.84 Å². The van der Waals surface area contributed by atoms with Crippen molar-refractivity contribution in [3.63, 3.8) is 0 Å². The molecule has 5 aromatic rings. The normalized spacial score (nSPS) is 10.9. The molecule has 0 unspecified atom stereocenters. The number of aromatic hydroxyl groups is 1. The number of phenols is 1. The summed E-state index contributed by atoms with van der Waals surface area (Å²) in [5, 5.41) is 18.9. The molecule has 5 rings (SSSR count). The van der Waals surface area contributed by atoms with Gasteiger partial charge in [0.2, 0.25) is 0 Å². The fraction of sp³-hybridized carbons (Fsp3) is 0.